The van der Waals surface area contributed by atoms with E-state index in [0.717, 1.165) is 19.3 Å². The summed E-state index contributed by atoms with van der Waals surface area (Å²) in [6.45, 7) is 4.84. The first-order valence-corrected chi connectivity index (χ1v) is 9.65. The van der Waals surface area contributed by atoms with Crippen molar-refractivity contribution in [3.63, 3.8) is 0 Å². The van der Waals surface area contributed by atoms with E-state index in [1.807, 2.05) is 13.8 Å². The zero-order chi connectivity index (χ0) is 20.8. The van der Waals surface area contributed by atoms with Gasteiger partial charge >= 0.3 is 11.7 Å². The van der Waals surface area contributed by atoms with Gasteiger partial charge in [-0.25, -0.2) is 14.6 Å². The van der Waals surface area contributed by atoms with Crippen molar-refractivity contribution in [1.29, 1.82) is 0 Å². The SMILES string of the molecule is CCCCn1c(=O)[nH]c(=O)c2c1nc(COC(=O)/C=C/c1ccco1)n2CCC. The van der Waals surface area contributed by atoms with Gasteiger partial charge in [-0.3, -0.25) is 14.3 Å². The molecule has 3 heterocycles. The first-order valence-electron chi connectivity index (χ1n) is 9.65. The van der Waals surface area contributed by atoms with Gasteiger partial charge in [-0.2, -0.15) is 0 Å². The van der Waals surface area contributed by atoms with Crippen LogP contribution in [0.25, 0.3) is 17.2 Å². The van der Waals surface area contributed by atoms with E-state index in [4.69, 9.17) is 9.15 Å². The second-order valence-electron chi connectivity index (χ2n) is 6.57. The number of aromatic nitrogens is 4. The molecule has 154 valence electrons. The van der Waals surface area contributed by atoms with Crippen LogP contribution in [0.15, 0.2) is 38.5 Å². The Kier molecular flexibility index (Phi) is 6.48. The molecule has 3 aromatic rings. The Morgan fingerprint density at radius 1 is 1.24 bits per heavy atom. The minimum absolute atomic E-state index is 0.114. The number of H-pyrrole nitrogens is 1. The smallest absolute Gasteiger partial charge is 0.331 e. The lowest BCUT2D eigenvalue weighted by Gasteiger charge is -2.07. The lowest BCUT2D eigenvalue weighted by atomic mass is 10.3. The van der Waals surface area contributed by atoms with Gasteiger partial charge in [-0.05, 0) is 31.1 Å². The van der Waals surface area contributed by atoms with Crippen molar-refractivity contribution in [3.8, 4) is 0 Å². The number of imidazole rings is 1. The van der Waals surface area contributed by atoms with Crippen LogP contribution in [0, 0.1) is 0 Å². The number of furan rings is 1. The van der Waals surface area contributed by atoms with Crippen LogP contribution in [0.2, 0.25) is 0 Å². The van der Waals surface area contributed by atoms with Crippen LogP contribution in [0.5, 0.6) is 0 Å². The van der Waals surface area contributed by atoms with Gasteiger partial charge in [0.2, 0.25) is 0 Å². The minimum atomic E-state index is -0.561. The zero-order valence-corrected chi connectivity index (χ0v) is 16.5. The standard InChI is InChI=1S/C20H24N4O5/c1-3-5-11-24-18-17(19(26)22-20(24)27)23(10-4-2)15(21-18)13-29-16(25)9-8-14-7-6-12-28-14/h6-9,12H,3-5,10-11,13H2,1-2H3,(H,22,26,27)/b9-8+. The molecule has 9 heteroatoms. The van der Waals surface area contributed by atoms with Crippen molar-refractivity contribution in [1.82, 2.24) is 19.1 Å². The van der Waals surface area contributed by atoms with Gasteiger partial charge in [-0.1, -0.05) is 20.3 Å². The predicted molar refractivity (Wildman–Crippen MR) is 107 cm³/mol. The van der Waals surface area contributed by atoms with E-state index in [0.29, 0.717) is 35.8 Å². The Morgan fingerprint density at radius 2 is 2.07 bits per heavy atom. The van der Waals surface area contributed by atoms with Gasteiger partial charge in [0.15, 0.2) is 11.2 Å². The number of carbonyl (C=O) groups excluding carboxylic acids is 1. The van der Waals surface area contributed by atoms with Crippen LogP contribution in [-0.4, -0.2) is 25.1 Å². The van der Waals surface area contributed by atoms with E-state index in [1.54, 1.807) is 16.7 Å². The van der Waals surface area contributed by atoms with E-state index in [2.05, 4.69) is 9.97 Å². The molecule has 0 amide bonds. The molecule has 0 aliphatic heterocycles. The molecule has 0 bridgehead atoms. The predicted octanol–water partition coefficient (Wildman–Crippen LogP) is 2.45. The van der Waals surface area contributed by atoms with Crippen molar-refractivity contribution < 1.29 is 13.9 Å². The van der Waals surface area contributed by atoms with Crippen LogP contribution >= 0.6 is 0 Å². The van der Waals surface area contributed by atoms with Gasteiger partial charge in [-0.15, -0.1) is 0 Å². The Bertz CT molecular complexity index is 1120. The summed E-state index contributed by atoms with van der Waals surface area (Å²) < 4.78 is 13.6. The first kappa shape index (κ1) is 20.4. The van der Waals surface area contributed by atoms with Crippen molar-refractivity contribution >= 4 is 23.2 Å². The second kappa shape index (κ2) is 9.22. The Hall–Kier alpha value is -3.36. The maximum Gasteiger partial charge on any atom is 0.331 e. The highest BCUT2D eigenvalue weighted by Crippen LogP contribution is 2.14. The number of ether oxygens (including phenoxy) is 1. The zero-order valence-electron chi connectivity index (χ0n) is 16.5. The van der Waals surface area contributed by atoms with Gasteiger partial charge in [0, 0.05) is 19.2 Å². The lowest BCUT2D eigenvalue weighted by molar-refractivity contribution is -0.139. The number of nitrogens with zero attached hydrogens (tertiary/aromatic N) is 3. The van der Waals surface area contributed by atoms with E-state index >= 15 is 0 Å². The molecule has 3 rings (SSSR count). The summed E-state index contributed by atoms with van der Waals surface area (Å²) in [5.41, 5.74) is -0.339. The Labute approximate surface area is 166 Å². The molecule has 0 radical (unpaired) electrons. The summed E-state index contributed by atoms with van der Waals surface area (Å²) in [5, 5.41) is 0. The van der Waals surface area contributed by atoms with E-state index in [9.17, 15) is 14.4 Å². The van der Waals surface area contributed by atoms with E-state index in [1.165, 1.54) is 23.0 Å². The minimum Gasteiger partial charge on any atom is -0.465 e. The van der Waals surface area contributed by atoms with Gasteiger partial charge in [0.05, 0.1) is 6.26 Å². The van der Waals surface area contributed by atoms with E-state index in [-0.39, 0.29) is 6.61 Å². The fourth-order valence-electron chi connectivity index (χ4n) is 3.04. The molecule has 29 heavy (non-hydrogen) atoms. The molecule has 0 aliphatic rings. The van der Waals surface area contributed by atoms with Gasteiger partial charge in [0.25, 0.3) is 5.56 Å². The molecular weight excluding hydrogens is 376 g/mol. The quantitative estimate of drug-likeness (QED) is 0.436. The number of nitrogens with one attached hydrogen (secondary N) is 1. The molecule has 0 fully saturated rings. The van der Waals surface area contributed by atoms with Crippen molar-refractivity contribution in [2.75, 3.05) is 0 Å². The number of fused-ring (bicyclic) bond motifs is 1. The molecule has 0 unspecified atom stereocenters. The highest BCUT2D eigenvalue weighted by molar-refractivity contribution is 5.86. The molecule has 1 N–H and O–H groups in total. The molecule has 3 aromatic heterocycles. The Balaban J connectivity index is 1.91. The Morgan fingerprint density at radius 3 is 2.76 bits per heavy atom. The van der Waals surface area contributed by atoms with Crippen LogP contribution in [0.3, 0.4) is 0 Å². The maximum absolute atomic E-state index is 12.4. The monoisotopic (exact) mass is 400 g/mol. The highest BCUT2D eigenvalue weighted by atomic mass is 16.5. The van der Waals surface area contributed by atoms with E-state index < -0.39 is 17.2 Å². The number of hydrogen-bond acceptors (Lipinski definition) is 6. The number of unbranched alkanes of at least 4 members (excludes halogenated alkanes) is 1. The van der Waals surface area contributed by atoms with Crippen LogP contribution < -0.4 is 11.2 Å². The molecule has 0 atom stereocenters. The third-order valence-electron chi connectivity index (χ3n) is 4.42. The maximum atomic E-state index is 12.4. The average Bonchev–Trinajstić information content (AvgIpc) is 3.33. The highest BCUT2D eigenvalue weighted by Gasteiger charge is 2.18. The fraction of sp³-hybridized carbons (Fsp3) is 0.400. The van der Waals surface area contributed by atoms with Crippen molar-refractivity contribution in [2.45, 2.75) is 52.8 Å². The molecular formula is C20H24N4O5. The number of aromatic amines is 1. The van der Waals surface area contributed by atoms with Gasteiger partial charge < -0.3 is 13.7 Å². The van der Waals surface area contributed by atoms with Crippen LogP contribution in [-0.2, 0) is 29.2 Å². The van der Waals surface area contributed by atoms with Crippen LogP contribution in [0.4, 0.5) is 0 Å². The van der Waals surface area contributed by atoms with Crippen LogP contribution in [0.1, 0.15) is 44.7 Å². The number of hydrogen-bond donors (Lipinski definition) is 1. The lowest BCUT2D eigenvalue weighted by Crippen LogP contribution is -2.31. The van der Waals surface area contributed by atoms with Crippen molar-refractivity contribution in [2.24, 2.45) is 0 Å². The summed E-state index contributed by atoms with van der Waals surface area (Å²) in [7, 11) is 0. The fourth-order valence-corrected chi connectivity index (χ4v) is 3.04. The average molecular weight is 400 g/mol. The third-order valence-corrected chi connectivity index (χ3v) is 4.42. The molecule has 0 aromatic carbocycles. The molecule has 0 saturated carbocycles. The summed E-state index contributed by atoms with van der Waals surface area (Å²) in [4.78, 5) is 43.6. The normalized spacial score (nSPS) is 11.5. The molecule has 0 spiro atoms. The summed E-state index contributed by atoms with van der Waals surface area (Å²) in [5.74, 6) is 0.392. The number of carbonyl (C=O) groups is 1. The molecule has 0 saturated heterocycles. The first-order chi connectivity index (χ1) is 14.0. The number of esters is 1. The summed E-state index contributed by atoms with van der Waals surface area (Å²) in [6, 6.07) is 3.43. The third kappa shape index (κ3) is 4.56. The number of aryl methyl sites for hydroxylation is 2. The van der Waals surface area contributed by atoms with Crippen molar-refractivity contribution in [3.05, 3.63) is 56.9 Å². The topological polar surface area (TPSA) is 112 Å². The number of rotatable bonds is 9. The molecule has 9 nitrogen and oxygen atoms in total. The summed E-state index contributed by atoms with van der Waals surface area (Å²) in [6.07, 6.45) is 6.70. The summed E-state index contributed by atoms with van der Waals surface area (Å²) >= 11 is 0. The largest absolute Gasteiger partial charge is 0.465 e. The molecule has 0 aliphatic carbocycles. The van der Waals surface area contributed by atoms with Gasteiger partial charge in [0.1, 0.15) is 18.2 Å². The second-order valence-corrected chi connectivity index (χ2v) is 6.57.